The number of methoxy groups -OCH3 is 1. The third kappa shape index (κ3) is 2.13. The number of fused-ring (bicyclic) bond motifs is 3. The lowest BCUT2D eigenvalue weighted by molar-refractivity contribution is 0.397. The van der Waals surface area contributed by atoms with Gasteiger partial charge in [-0.15, -0.1) is 11.3 Å². The molecule has 1 aliphatic rings. The Balaban J connectivity index is 2.09. The summed E-state index contributed by atoms with van der Waals surface area (Å²) in [4.78, 5) is 5.77. The van der Waals surface area contributed by atoms with E-state index >= 15 is 0 Å². The van der Waals surface area contributed by atoms with Gasteiger partial charge in [-0.1, -0.05) is 30.3 Å². The molecule has 0 spiro atoms. The first-order chi connectivity index (χ1) is 11.3. The first kappa shape index (κ1) is 14.0. The van der Waals surface area contributed by atoms with E-state index in [1.54, 1.807) is 18.4 Å². The van der Waals surface area contributed by atoms with Crippen molar-refractivity contribution in [1.82, 2.24) is 4.98 Å². The molecule has 23 heavy (non-hydrogen) atoms. The van der Waals surface area contributed by atoms with Crippen LogP contribution in [0.5, 0.6) is 5.88 Å². The number of benzene rings is 1. The Kier molecular flexibility index (Phi) is 3.36. The molecule has 0 N–H and O–H groups in total. The number of pyridine rings is 1. The molecule has 1 aromatic carbocycles. The number of ether oxygens (including phenoxy) is 1. The van der Waals surface area contributed by atoms with Gasteiger partial charge in [-0.05, 0) is 35.4 Å². The second-order valence-electron chi connectivity index (χ2n) is 5.44. The largest absolute Gasteiger partial charge is 0.480 e. The van der Waals surface area contributed by atoms with E-state index in [1.165, 1.54) is 5.56 Å². The molecule has 0 saturated carbocycles. The molecular weight excluding hydrogens is 304 g/mol. The van der Waals surface area contributed by atoms with Gasteiger partial charge in [0.05, 0.1) is 12.8 Å². The molecule has 3 nitrogen and oxygen atoms in total. The van der Waals surface area contributed by atoms with Gasteiger partial charge >= 0.3 is 0 Å². The quantitative estimate of drug-likeness (QED) is 0.701. The zero-order chi connectivity index (χ0) is 15.8. The molecule has 3 aromatic rings. The van der Waals surface area contributed by atoms with Crippen molar-refractivity contribution in [1.29, 1.82) is 5.26 Å². The van der Waals surface area contributed by atoms with Crippen LogP contribution < -0.4 is 4.74 Å². The Morgan fingerprint density at radius 3 is 2.78 bits per heavy atom. The fraction of sp³-hybridized carbons (Fsp3) is 0.158. The lowest BCUT2D eigenvalue weighted by atomic mass is 9.85. The average molecular weight is 318 g/mol. The molecule has 2 heterocycles. The van der Waals surface area contributed by atoms with Crippen LogP contribution in [-0.2, 0) is 12.8 Å². The predicted octanol–water partition coefficient (Wildman–Crippen LogP) is 4.46. The number of aromatic nitrogens is 1. The lowest BCUT2D eigenvalue weighted by Gasteiger charge is -2.23. The van der Waals surface area contributed by atoms with Crippen LogP contribution in [0.4, 0.5) is 0 Å². The highest BCUT2D eigenvalue weighted by atomic mass is 32.1. The van der Waals surface area contributed by atoms with Gasteiger partial charge in [0.25, 0.3) is 0 Å². The Hall–Kier alpha value is -2.64. The fourth-order valence-electron chi connectivity index (χ4n) is 3.24. The summed E-state index contributed by atoms with van der Waals surface area (Å²) in [6.07, 6.45) is 1.87. The minimum Gasteiger partial charge on any atom is -0.480 e. The molecule has 0 bridgehead atoms. The molecule has 0 aliphatic heterocycles. The smallest absolute Gasteiger partial charge is 0.232 e. The van der Waals surface area contributed by atoms with Crippen LogP contribution in [-0.4, -0.2) is 12.1 Å². The van der Waals surface area contributed by atoms with Crippen molar-refractivity contribution in [2.24, 2.45) is 0 Å². The topological polar surface area (TPSA) is 45.9 Å². The zero-order valence-electron chi connectivity index (χ0n) is 12.7. The van der Waals surface area contributed by atoms with Crippen LogP contribution in [0.3, 0.4) is 0 Å². The van der Waals surface area contributed by atoms with Crippen molar-refractivity contribution in [3.05, 3.63) is 58.5 Å². The highest BCUT2D eigenvalue weighted by Gasteiger charge is 2.26. The number of nitriles is 1. The van der Waals surface area contributed by atoms with Gasteiger partial charge in [0.1, 0.15) is 11.6 Å². The van der Waals surface area contributed by atoms with Crippen LogP contribution in [0.1, 0.15) is 16.7 Å². The number of hydrogen-bond acceptors (Lipinski definition) is 4. The molecule has 0 atom stereocenters. The van der Waals surface area contributed by atoms with E-state index in [0.717, 1.165) is 40.1 Å². The van der Waals surface area contributed by atoms with E-state index in [0.29, 0.717) is 11.4 Å². The van der Waals surface area contributed by atoms with E-state index in [1.807, 2.05) is 17.5 Å². The van der Waals surface area contributed by atoms with Crippen molar-refractivity contribution in [2.45, 2.75) is 12.8 Å². The van der Waals surface area contributed by atoms with Crippen LogP contribution >= 0.6 is 11.3 Å². The highest BCUT2D eigenvalue weighted by molar-refractivity contribution is 7.13. The maximum atomic E-state index is 9.66. The third-order valence-electron chi connectivity index (χ3n) is 4.25. The zero-order valence-corrected chi connectivity index (χ0v) is 13.5. The first-order valence-electron chi connectivity index (χ1n) is 7.46. The monoisotopic (exact) mass is 318 g/mol. The van der Waals surface area contributed by atoms with E-state index in [2.05, 4.69) is 35.3 Å². The van der Waals surface area contributed by atoms with Crippen molar-refractivity contribution < 1.29 is 4.74 Å². The van der Waals surface area contributed by atoms with Crippen LogP contribution in [0.2, 0.25) is 0 Å². The summed E-state index contributed by atoms with van der Waals surface area (Å²) in [5.74, 6) is 0.409. The number of hydrogen-bond donors (Lipinski definition) is 0. The molecule has 0 fully saturated rings. The summed E-state index contributed by atoms with van der Waals surface area (Å²) in [5.41, 5.74) is 6.08. The molecule has 0 saturated heterocycles. The second kappa shape index (κ2) is 5.53. The Morgan fingerprint density at radius 1 is 1.17 bits per heavy atom. The second-order valence-corrected chi connectivity index (χ2v) is 6.39. The summed E-state index contributed by atoms with van der Waals surface area (Å²) >= 11 is 1.64. The van der Waals surface area contributed by atoms with Gasteiger partial charge in [-0.25, -0.2) is 4.98 Å². The number of thiophene rings is 1. The maximum Gasteiger partial charge on any atom is 0.232 e. The molecule has 0 unspecified atom stereocenters. The van der Waals surface area contributed by atoms with Gasteiger partial charge < -0.3 is 4.74 Å². The molecular formula is C19H14N2OS. The summed E-state index contributed by atoms with van der Waals surface area (Å²) in [7, 11) is 1.57. The molecule has 2 aromatic heterocycles. The molecule has 4 heteroatoms. The lowest BCUT2D eigenvalue weighted by Crippen LogP contribution is -2.10. The summed E-state index contributed by atoms with van der Waals surface area (Å²) in [6.45, 7) is 0. The van der Waals surface area contributed by atoms with Crippen LogP contribution in [0, 0.1) is 11.3 Å². The third-order valence-corrected chi connectivity index (χ3v) is 5.14. The summed E-state index contributed by atoms with van der Waals surface area (Å²) in [5, 5.41) is 11.7. The first-order valence-corrected chi connectivity index (χ1v) is 8.34. The normalized spacial score (nSPS) is 12.2. The Bertz CT molecular complexity index is 923. The van der Waals surface area contributed by atoms with Gasteiger partial charge in [-0.2, -0.15) is 5.26 Å². The van der Waals surface area contributed by atoms with E-state index in [4.69, 9.17) is 4.74 Å². The number of aryl methyl sites for hydroxylation is 1. The molecule has 0 radical (unpaired) electrons. The van der Waals surface area contributed by atoms with Crippen molar-refractivity contribution in [3.8, 4) is 33.6 Å². The van der Waals surface area contributed by atoms with E-state index < -0.39 is 0 Å². The van der Waals surface area contributed by atoms with Crippen molar-refractivity contribution in [3.63, 3.8) is 0 Å². The predicted molar refractivity (Wildman–Crippen MR) is 91.7 cm³/mol. The van der Waals surface area contributed by atoms with E-state index in [9.17, 15) is 5.26 Å². The number of nitrogens with zero attached hydrogens (tertiary/aromatic N) is 2. The van der Waals surface area contributed by atoms with Gasteiger partial charge in [0.15, 0.2) is 0 Å². The number of rotatable bonds is 2. The van der Waals surface area contributed by atoms with Gasteiger partial charge in [0, 0.05) is 16.0 Å². The fourth-order valence-corrected chi connectivity index (χ4v) is 4.04. The average Bonchev–Trinajstić information content (AvgIpc) is 3.13. The molecule has 112 valence electrons. The van der Waals surface area contributed by atoms with Crippen molar-refractivity contribution >= 4 is 11.3 Å². The highest BCUT2D eigenvalue weighted by Crippen LogP contribution is 2.43. The standard InChI is InChI=1S/C19H14N2OS/c1-22-19-15(11-20)17(16-7-4-10-23-16)14-9-8-12-5-2-3-6-13(12)18(14)21-19/h2-7,10H,8-9H2,1H3. The Labute approximate surface area is 138 Å². The van der Waals surface area contributed by atoms with Crippen molar-refractivity contribution in [2.75, 3.05) is 7.11 Å². The van der Waals surface area contributed by atoms with Gasteiger partial charge in [-0.3, -0.25) is 0 Å². The minimum atomic E-state index is 0.409. The van der Waals surface area contributed by atoms with Crippen LogP contribution in [0.25, 0.3) is 21.7 Å². The molecule has 1 aliphatic carbocycles. The molecule has 0 amide bonds. The SMILES string of the molecule is COc1nc2c(c(-c3cccs3)c1C#N)CCc1ccccc1-2. The van der Waals surface area contributed by atoms with E-state index in [-0.39, 0.29) is 0 Å². The minimum absolute atomic E-state index is 0.409. The molecule has 4 rings (SSSR count). The van der Waals surface area contributed by atoms with Crippen LogP contribution in [0.15, 0.2) is 41.8 Å². The Morgan fingerprint density at radius 2 is 2.04 bits per heavy atom. The summed E-state index contributed by atoms with van der Waals surface area (Å²) < 4.78 is 5.43. The maximum absolute atomic E-state index is 9.66. The summed E-state index contributed by atoms with van der Waals surface area (Å²) in [6, 6.07) is 14.7. The van der Waals surface area contributed by atoms with Gasteiger partial charge in [0.2, 0.25) is 5.88 Å².